The molecule has 4 nitrogen and oxygen atoms in total. The molecule has 23 heavy (non-hydrogen) atoms. The van der Waals surface area contributed by atoms with Crippen LogP contribution >= 0.6 is 0 Å². The molecular formula is C19H26N2O2. The van der Waals surface area contributed by atoms with E-state index in [2.05, 4.69) is 23.3 Å². The molecule has 0 atom stereocenters. The van der Waals surface area contributed by atoms with Gasteiger partial charge in [-0.2, -0.15) is 0 Å². The average Bonchev–Trinajstić information content (AvgIpc) is 2.57. The third-order valence-corrected chi connectivity index (χ3v) is 4.44. The van der Waals surface area contributed by atoms with Crippen molar-refractivity contribution in [3.8, 4) is 0 Å². The fourth-order valence-corrected chi connectivity index (χ4v) is 3.09. The molecule has 1 saturated carbocycles. The van der Waals surface area contributed by atoms with Gasteiger partial charge in [-0.3, -0.25) is 9.59 Å². The van der Waals surface area contributed by atoms with Crippen LogP contribution in [0.25, 0.3) is 0 Å². The number of carbonyl (C=O) groups excluding carboxylic acids is 2. The number of rotatable bonds is 6. The second-order valence-corrected chi connectivity index (χ2v) is 6.29. The minimum Gasteiger partial charge on any atom is -0.352 e. The molecule has 4 heteroatoms. The maximum Gasteiger partial charge on any atom is 0.223 e. The lowest BCUT2D eigenvalue weighted by molar-refractivity contribution is -0.130. The summed E-state index contributed by atoms with van der Waals surface area (Å²) in [5.41, 5.74) is 2.32. The van der Waals surface area contributed by atoms with Crippen LogP contribution in [0, 0.1) is 18.8 Å². The average molecular weight is 314 g/mol. The first-order chi connectivity index (χ1) is 11.1. The van der Waals surface area contributed by atoms with E-state index in [1.54, 1.807) is 6.08 Å². The predicted octanol–water partition coefficient (Wildman–Crippen LogP) is 2.72. The van der Waals surface area contributed by atoms with E-state index in [4.69, 9.17) is 0 Å². The monoisotopic (exact) mass is 314 g/mol. The van der Waals surface area contributed by atoms with Crippen LogP contribution in [0.2, 0.25) is 0 Å². The third kappa shape index (κ3) is 5.23. The first-order valence-corrected chi connectivity index (χ1v) is 8.32. The Balaban J connectivity index is 1.75. The maximum absolute atomic E-state index is 12.3. The molecule has 0 radical (unpaired) electrons. The molecule has 0 bridgehead atoms. The summed E-state index contributed by atoms with van der Waals surface area (Å²) in [6.07, 6.45) is 4.82. The number of nitrogens with one attached hydrogen (secondary N) is 2. The molecule has 1 aromatic rings. The Bertz CT molecular complexity index is 560. The van der Waals surface area contributed by atoms with E-state index in [9.17, 15) is 9.59 Å². The smallest absolute Gasteiger partial charge is 0.223 e. The number of carbonyl (C=O) groups is 2. The van der Waals surface area contributed by atoms with E-state index in [0.29, 0.717) is 13.1 Å². The fourth-order valence-electron chi connectivity index (χ4n) is 3.09. The van der Waals surface area contributed by atoms with Crippen molar-refractivity contribution in [3.63, 3.8) is 0 Å². The molecule has 1 aliphatic rings. The number of amides is 2. The van der Waals surface area contributed by atoms with Crippen LogP contribution < -0.4 is 10.6 Å². The maximum atomic E-state index is 12.3. The molecule has 2 rings (SSSR count). The molecule has 0 aliphatic heterocycles. The van der Waals surface area contributed by atoms with Gasteiger partial charge in [0.2, 0.25) is 11.8 Å². The molecule has 0 saturated heterocycles. The lowest BCUT2D eigenvalue weighted by atomic mass is 9.81. The predicted molar refractivity (Wildman–Crippen MR) is 91.7 cm³/mol. The summed E-state index contributed by atoms with van der Waals surface area (Å²) in [6.45, 7) is 6.72. The lowest BCUT2D eigenvalue weighted by Gasteiger charge is -2.27. The van der Waals surface area contributed by atoms with Gasteiger partial charge in [-0.05, 0) is 38.2 Å². The highest BCUT2D eigenvalue weighted by Gasteiger charge is 2.29. The zero-order chi connectivity index (χ0) is 16.7. The molecule has 124 valence electrons. The Labute approximate surface area is 138 Å². The van der Waals surface area contributed by atoms with Gasteiger partial charge in [-0.25, -0.2) is 0 Å². The van der Waals surface area contributed by atoms with E-state index < -0.39 is 0 Å². The topological polar surface area (TPSA) is 58.2 Å². The molecule has 0 aromatic heterocycles. The van der Waals surface area contributed by atoms with Crippen molar-refractivity contribution in [2.75, 3.05) is 6.54 Å². The van der Waals surface area contributed by atoms with Crippen molar-refractivity contribution in [3.05, 3.63) is 48.0 Å². The summed E-state index contributed by atoms with van der Waals surface area (Å²) >= 11 is 0. The lowest BCUT2D eigenvalue weighted by Crippen LogP contribution is -2.37. The van der Waals surface area contributed by atoms with E-state index in [1.807, 2.05) is 25.1 Å². The first-order valence-electron chi connectivity index (χ1n) is 8.32. The number of hydrogen-bond acceptors (Lipinski definition) is 2. The normalized spacial score (nSPS) is 20.6. The van der Waals surface area contributed by atoms with Crippen LogP contribution in [0.3, 0.4) is 0 Å². The van der Waals surface area contributed by atoms with Gasteiger partial charge in [0.1, 0.15) is 0 Å². The van der Waals surface area contributed by atoms with Crippen molar-refractivity contribution in [2.45, 2.75) is 39.2 Å². The summed E-state index contributed by atoms with van der Waals surface area (Å²) in [5.74, 6) is 0.263. The van der Waals surface area contributed by atoms with Gasteiger partial charge >= 0.3 is 0 Å². The van der Waals surface area contributed by atoms with E-state index >= 15 is 0 Å². The zero-order valence-corrected chi connectivity index (χ0v) is 13.8. The third-order valence-electron chi connectivity index (χ3n) is 4.44. The van der Waals surface area contributed by atoms with E-state index in [0.717, 1.165) is 31.2 Å². The minimum absolute atomic E-state index is 0.0308. The molecule has 0 spiro atoms. The van der Waals surface area contributed by atoms with Gasteiger partial charge in [0, 0.05) is 24.9 Å². The standard InChI is InChI=1S/C19H26N2O2/c1-3-11-20-18(22)16-7-9-17(10-8-16)19(23)21-13-15-6-4-5-14(2)12-15/h3-6,12,16-17H,1,7-11,13H2,2H3,(H,20,22)(H,21,23). The Hall–Kier alpha value is -2.10. The van der Waals surface area contributed by atoms with Gasteiger partial charge in [-0.15, -0.1) is 6.58 Å². The van der Waals surface area contributed by atoms with Crippen LogP contribution in [0.4, 0.5) is 0 Å². The van der Waals surface area contributed by atoms with Gasteiger partial charge in [0.15, 0.2) is 0 Å². The van der Waals surface area contributed by atoms with Crippen molar-refractivity contribution in [1.82, 2.24) is 10.6 Å². The Morgan fingerprint density at radius 3 is 2.30 bits per heavy atom. The van der Waals surface area contributed by atoms with Crippen LogP contribution in [0.5, 0.6) is 0 Å². The summed E-state index contributed by atoms with van der Waals surface area (Å²) in [4.78, 5) is 24.2. The quantitative estimate of drug-likeness (QED) is 0.793. The van der Waals surface area contributed by atoms with Crippen LogP contribution in [-0.4, -0.2) is 18.4 Å². The van der Waals surface area contributed by atoms with Gasteiger partial charge in [-0.1, -0.05) is 35.9 Å². The van der Waals surface area contributed by atoms with Crippen molar-refractivity contribution in [1.29, 1.82) is 0 Å². The summed E-state index contributed by atoms with van der Waals surface area (Å²) in [5, 5.41) is 5.86. The number of aryl methyl sites for hydroxylation is 1. The highest BCUT2D eigenvalue weighted by atomic mass is 16.2. The van der Waals surface area contributed by atoms with Crippen LogP contribution in [0.15, 0.2) is 36.9 Å². The number of hydrogen-bond donors (Lipinski definition) is 2. The first kappa shape index (κ1) is 17.3. The molecule has 2 N–H and O–H groups in total. The highest BCUT2D eigenvalue weighted by molar-refractivity contribution is 5.81. The van der Waals surface area contributed by atoms with Crippen molar-refractivity contribution < 1.29 is 9.59 Å². The van der Waals surface area contributed by atoms with E-state index in [-0.39, 0.29) is 23.7 Å². The van der Waals surface area contributed by atoms with Crippen LogP contribution in [0.1, 0.15) is 36.8 Å². The van der Waals surface area contributed by atoms with Gasteiger partial charge < -0.3 is 10.6 Å². The second-order valence-electron chi connectivity index (χ2n) is 6.29. The SMILES string of the molecule is C=CCNC(=O)C1CCC(C(=O)NCc2cccc(C)c2)CC1. The van der Waals surface area contributed by atoms with Gasteiger partial charge in [0.05, 0.1) is 0 Å². The van der Waals surface area contributed by atoms with Gasteiger partial charge in [0.25, 0.3) is 0 Å². The van der Waals surface area contributed by atoms with Crippen molar-refractivity contribution in [2.24, 2.45) is 11.8 Å². The zero-order valence-electron chi connectivity index (χ0n) is 13.8. The molecular weight excluding hydrogens is 288 g/mol. The Morgan fingerprint density at radius 2 is 1.74 bits per heavy atom. The summed E-state index contributed by atoms with van der Waals surface area (Å²) in [6, 6.07) is 8.16. The van der Waals surface area contributed by atoms with Crippen LogP contribution in [-0.2, 0) is 16.1 Å². The van der Waals surface area contributed by atoms with Crippen molar-refractivity contribution >= 4 is 11.8 Å². The largest absolute Gasteiger partial charge is 0.352 e. The molecule has 0 unspecified atom stereocenters. The van der Waals surface area contributed by atoms with E-state index in [1.165, 1.54) is 5.56 Å². The highest BCUT2D eigenvalue weighted by Crippen LogP contribution is 2.29. The molecule has 1 aliphatic carbocycles. The molecule has 1 fully saturated rings. The minimum atomic E-state index is 0.0308. The second kappa shape index (κ2) is 8.51. The fraction of sp³-hybridized carbons (Fsp3) is 0.474. The summed E-state index contributed by atoms with van der Waals surface area (Å²) in [7, 11) is 0. The number of benzene rings is 1. The molecule has 1 aromatic carbocycles. The Morgan fingerprint density at radius 1 is 1.13 bits per heavy atom. The summed E-state index contributed by atoms with van der Waals surface area (Å²) < 4.78 is 0. The molecule has 0 heterocycles. The molecule has 2 amide bonds. The Kier molecular flexibility index (Phi) is 6.39.